The minimum absolute atomic E-state index is 0.957. The fraction of sp³-hybridized carbons (Fsp3) is 1.00. The van der Waals surface area contributed by atoms with E-state index < -0.39 is 16.1 Å². The first kappa shape index (κ1) is 10.4. The van der Waals surface area contributed by atoms with Gasteiger partial charge in [0.25, 0.3) is 0 Å². The summed E-state index contributed by atoms with van der Waals surface area (Å²) in [5, 5.41) is 0. The van der Waals surface area contributed by atoms with Crippen LogP contribution in [0, 0.1) is 0 Å². The molecule has 0 aromatic heterocycles. The van der Waals surface area contributed by atoms with Crippen LogP contribution in [0.1, 0.15) is 6.92 Å². The third-order valence-electron chi connectivity index (χ3n) is 1.19. The Kier molecular flexibility index (Phi) is 7.05. The van der Waals surface area contributed by atoms with Gasteiger partial charge in [0.15, 0.2) is 0 Å². The van der Waals surface area contributed by atoms with Gasteiger partial charge in [0.05, 0.1) is 0 Å². The third kappa shape index (κ3) is 7.27. The number of nitrogens with two attached hydrogens (primary N) is 1. The summed E-state index contributed by atoms with van der Waals surface area (Å²) in [7, 11) is 2.14. The standard InChI is InChI=1S/C5H14I2N2/c1-3-9(2)5-4-7(6)8/h3-5,8H2,1-2H3. The molecular formula is C5H14I2N2. The van der Waals surface area contributed by atoms with Crippen LogP contribution in [0.15, 0.2) is 0 Å². The SMILES string of the molecule is CCN(C)CCI(N)I. The van der Waals surface area contributed by atoms with Crippen LogP contribution in [0.4, 0.5) is 0 Å². The fourth-order valence-corrected chi connectivity index (χ4v) is 2.89. The zero-order valence-corrected chi connectivity index (χ0v) is 10.2. The number of halogens is 2. The molecule has 9 heavy (non-hydrogen) atoms. The Morgan fingerprint density at radius 1 is 1.67 bits per heavy atom. The average molecular weight is 356 g/mol. The summed E-state index contributed by atoms with van der Waals surface area (Å²) in [5.74, 6) is 0. The molecular weight excluding hydrogens is 342 g/mol. The topological polar surface area (TPSA) is 29.3 Å². The summed E-state index contributed by atoms with van der Waals surface area (Å²) in [6.07, 6.45) is 0. The number of alkyl halides is 1. The molecule has 0 aliphatic carbocycles. The van der Waals surface area contributed by atoms with E-state index in [9.17, 15) is 0 Å². The Balaban J connectivity index is 3.06. The third-order valence-corrected chi connectivity index (χ3v) is 5.43. The Hall–Kier alpha value is 1.38. The van der Waals surface area contributed by atoms with Crippen molar-refractivity contribution < 1.29 is 0 Å². The van der Waals surface area contributed by atoms with Gasteiger partial charge in [-0.2, -0.15) is 0 Å². The van der Waals surface area contributed by atoms with E-state index in [0.29, 0.717) is 0 Å². The van der Waals surface area contributed by atoms with Crippen molar-refractivity contribution in [3.8, 4) is 0 Å². The van der Waals surface area contributed by atoms with Crippen LogP contribution in [-0.2, 0) is 0 Å². The molecule has 0 bridgehead atoms. The van der Waals surface area contributed by atoms with Crippen LogP contribution in [-0.4, -0.2) is 29.5 Å². The summed E-state index contributed by atoms with van der Waals surface area (Å²) >= 11 is 1.44. The van der Waals surface area contributed by atoms with Crippen molar-refractivity contribution in [2.45, 2.75) is 6.92 Å². The molecule has 0 fully saturated rings. The second-order valence-electron chi connectivity index (χ2n) is 1.92. The second-order valence-corrected chi connectivity index (χ2v) is 12.0. The van der Waals surface area contributed by atoms with Gasteiger partial charge in [-0.05, 0) is 0 Å². The van der Waals surface area contributed by atoms with Crippen molar-refractivity contribution in [2.24, 2.45) is 3.95 Å². The first-order valence-electron chi connectivity index (χ1n) is 2.92. The van der Waals surface area contributed by atoms with Gasteiger partial charge in [-0.3, -0.25) is 0 Å². The van der Waals surface area contributed by atoms with Crippen molar-refractivity contribution in [1.29, 1.82) is 0 Å². The normalized spacial score (nSPS) is 12.3. The molecule has 0 aromatic rings. The van der Waals surface area contributed by atoms with Gasteiger partial charge in [-0.15, -0.1) is 0 Å². The van der Waals surface area contributed by atoms with E-state index in [1.807, 2.05) is 0 Å². The molecule has 0 spiro atoms. The van der Waals surface area contributed by atoms with Gasteiger partial charge in [0.1, 0.15) is 0 Å². The van der Waals surface area contributed by atoms with Crippen LogP contribution in [0.5, 0.6) is 0 Å². The summed E-state index contributed by atoms with van der Waals surface area (Å²) in [5.41, 5.74) is 0. The van der Waals surface area contributed by atoms with Crippen molar-refractivity contribution in [2.75, 3.05) is 24.6 Å². The van der Waals surface area contributed by atoms with E-state index in [-0.39, 0.29) is 0 Å². The number of nitrogens with zero attached hydrogens (tertiary/aromatic N) is 1. The zero-order chi connectivity index (χ0) is 7.28. The van der Waals surface area contributed by atoms with Crippen molar-refractivity contribution in [3.05, 3.63) is 0 Å². The van der Waals surface area contributed by atoms with Crippen LogP contribution in [0.25, 0.3) is 0 Å². The van der Waals surface area contributed by atoms with Crippen LogP contribution < -0.4 is 3.95 Å². The summed E-state index contributed by atoms with van der Waals surface area (Å²) < 4.78 is 6.96. The van der Waals surface area contributed by atoms with Crippen LogP contribution in [0.2, 0.25) is 0 Å². The summed E-state index contributed by atoms with van der Waals surface area (Å²) in [6.45, 7) is 4.49. The van der Waals surface area contributed by atoms with E-state index in [1.54, 1.807) is 0 Å². The molecule has 0 heterocycles. The van der Waals surface area contributed by atoms with Gasteiger partial charge in [-0.25, -0.2) is 0 Å². The summed E-state index contributed by atoms with van der Waals surface area (Å²) in [4.78, 5) is 2.30. The number of hydrogen-bond donors (Lipinski definition) is 1. The Morgan fingerprint density at radius 2 is 2.22 bits per heavy atom. The fourth-order valence-electron chi connectivity index (χ4n) is 0.383. The van der Waals surface area contributed by atoms with Gasteiger partial charge in [0, 0.05) is 0 Å². The molecule has 0 aliphatic rings. The molecule has 58 valence electrons. The van der Waals surface area contributed by atoms with Crippen molar-refractivity contribution in [3.63, 3.8) is 0 Å². The zero-order valence-electron chi connectivity index (χ0n) is 5.90. The molecule has 0 aliphatic heterocycles. The average Bonchev–Trinajstić information content (AvgIpc) is 1.83. The Bertz CT molecular complexity index is 68.0. The first-order valence-corrected chi connectivity index (χ1v) is 12.0. The molecule has 0 unspecified atom stereocenters. The van der Waals surface area contributed by atoms with E-state index in [1.165, 1.54) is 11.0 Å². The molecule has 2 nitrogen and oxygen atoms in total. The van der Waals surface area contributed by atoms with Gasteiger partial charge in [0.2, 0.25) is 0 Å². The molecule has 0 radical (unpaired) electrons. The molecule has 0 amide bonds. The molecule has 0 saturated carbocycles. The van der Waals surface area contributed by atoms with Gasteiger partial charge in [-0.1, -0.05) is 0 Å². The summed E-state index contributed by atoms with van der Waals surface area (Å²) in [6, 6.07) is 0. The molecule has 0 rings (SSSR count). The van der Waals surface area contributed by atoms with Gasteiger partial charge >= 0.3 is 75.1 Å². The van der Waals surface area contributed by atoms with E-state index in [4.69, 9.17) is 3.95 Å². The number of rotatable bonds is 4. The van der Waals surface area contributed by atoms with Crippen LogP contribution in [0.3, 0.4) is 0 Å². The van der Waals surface area contributed by atoms with Gasteiger partial charge < -0.3 is 0 Å². The maximum absolute atomic E-state index is 5.71. The Morgan fingerprint density at radius 3 is 2.56 bits per heavy atom. The monoisotopic (exact) mass is 356 g/mol. The number of hydrogen-bond acceptors (Lipinski definition) is 2. The quantitative estimate of drug-likeness (QED) is 0.472. The predicted octanol–water partition coefficient (Wildman–Crippen LogP) is 1.67. The van der Waals surface area contributed by atoms with E-state index in [0.717, 1.165) is 6.54 Å². The van der Waals surface area contributed by atoms with E-state index in [2.05, 4.69) is 37.5 Å². The predicted molar refractivity (Wildman–Crippen MR) is 60.3 cm³/mol. The van der Waals surface area contributed by atoms with Crippen molar-refractivity contribution in [1.82, 2.24) is 4.90 Å². The molecule has 2 N–H and O–H groups in total. The second kappa shape index (κ2) is 6.11. The Labute approximate surface area is 74.5 Å². The molecule has 0 saturated heterocycles. The van der Waals surface area contributed by atoms with E-state index >= 15 is 0 Å². The molecule has 0 aromatic carbocycles. The maximum atomic E-state index is 5.71. The minimum atomic E-state index is -0.957. The molecule has 4 heteroatoms. The first-order chi connectivity index (χ1) is 4.16. The van der Waals surface area contributed by atoms with Crippen LogP contribution >= 0.6 is 34.7 Å². The van der Waals surface area contributed by atoms with Crippen molar-refractivity contribution >= 4 is 34.7 Å². The molecule has 0 atom stereocenters.